The maximum absolute atomic E-state index is 13.0. The van der Waals surface area contributed by atoms with Crippen molar-refractivity contribution in [3.05, 3.63) is 60.2 Å². The number of anilines is 1. The van der Waals surface area contributed by atoms with Crippen LogP contribution in [0.1, 0.15) is 23.2 Å². The molecule has 0 N–H and O–H groups in total. The first kappa shape index (κ1) is 16.3. The Hall–Kier alpha value is -3.15. The van der Waals surface area contributed by atoms with Gasteiger partial charge in [0.05, 0.1) is 11.3 Å². The van der Waals surface area contributed by atoms with Crippen LogP contribution in [0.3, 0.4) is 0 Å². The summed E-state index contributed by atoms with van der Waals surface area (Å²) in [6.45, 7) is 0.261. The molecule has 0 aromatic heterocycles. The summed E-state index contributed by atoms with van der Waals surface area (Å²) in [4.78, 5) is 41.4. The summed E-state index contributed by atoms with van der Waals surface area (Å²) in [6.07, 6.45) is 1.33. The van der Waals surface area contributed by atoms with E-state index in [0.29, 0.717) is 30.0 Å². The zero-order chi connectivity index (χ0) is 18.1. The molecular formula is C20H18N2O4. The fraction of sp³-hybridized carbons (Fsp3) is 0.250. The van der Waals surface area contributed by atoms with Crippen molar-refractivity contribution < 1.29 is 19.1 Å². The summed E-state index contributed by atoms with van der Waals surface area (Å²) in [6, 6.07) is 15.1. The Bertz CT molecular complexity index is 865. The smallest absolute Gasteiger partial charge is 0.271 e. The number of fused-ring (bicyclic) bond motifs is 2. The Morgan fingerprint density at radius 2 is 1.77 bits per heavy atom. The molecule has 4 rings (SSSR count). The Morgan fingerprint density at radius 1 is 1.04 bits per heavy atom. The Kier molecular flexibility index (Phi) is 4.16. The Balaban J connectivity index is 1.66. The average Bonchev–Trinajstić information content (AvgIpc) is 3.14. The van der Waals surface area contributed by atoms with Crippen molar-refractivity contribution in [2.24, 2.45) is 0 Å². The molecule has 0 bridgehead atoms. The van der Waals surface area contributed by atoms with E-state index in [2.05, 4.69) is 0 Å². The van der Waals surface area contributed by atoms with E-state index in [-0.39, 0.29) is 18.4 Å². The van der Waals surface area contributed by atoms with E-state index in [4.69, 9.17) is 4.74 Å². The van der Waals surface area contributed by atoms with Gasteiger partial charge in [0.1, 0.15) is 11.8 Å². The maximum Gasteiger partial charge on any atom is 0.271 e. The number of benzene rings is 2. The van der Waals surface area contributed by atoms with E-state index < -0.39 is 11.9 Å². The van der Waals surface area contributed by atoms with Crippen LogP contribution in [0.15, 0.2) is 54.6 Å². The monoisotopic (exact) mass is 350 g/mol. The summed E-state index contributed by atoms with van der Waals surface area (Å²) in [5.41, 5.74) is 0.705. The van der Waals surface area contributed by atoms with Gasteiger partial charge in [0, 0.05) is 6.54 Å². The van der Waals surface area contributed by atoms with Crippen LogP contribution in [0, 0.1) is 0 Å². The third-order valence-corrected chi connectivity index (χ3v) is 4.75. The molecule has 0 radical (unpaired) electrons. The molecule has 2 aliphatic heterocycles. The minimum absolute atomic E-state index is 0.198. The van der Waals surface area contributed by atoms with Crippen LogP contribution in [-0.2, 0) is 9.59 Å². The van der Waals surface area contributed by atoms with Crippen molar-refractivity contribution in [2.45, 2.75) is 18.9 Å². The van der Waals surface area contributed by atoms with Gasteiger partial charge in [-0.05, 0) is 37.1 Å². The Labute approximate surface area is 151 Å². The lowest BCUT2D eigenvalue weighted by Crippen LogP contribution is -2.48. The Morgan fingerprint density at radius 3 is 2.58 bits per heavy atom. The van der Waals surface area contributed by atoms with Gasteiger partial charge in [-0.2, -0.15) is 0 Å². The third-order valence-electron chi connectivity index (χ3n) is 4.75. The van der Waals surface area contributed by atoms with Crippen molar-refractivity contribution in [1.29, 1.82) is 0 Å². The first-order valence-electron chi connectivity index (χ1n) is 8.61. The lowest BCUT2D eigenvalue weighted by Gasteiger charge is -2.24. The molecule has 1 atom stereocenters. The highest BCUT2D eigenvalue weighted by Crippen LogP contribution is 2.32. The van der Waals surface area contributed by atoms with Crippen LogP contribution in [-0.4, -0.2) is 41.8 Å². The minimum atomic E-state index is -0.587. The first-order valence-corrected chi connectivity index (χ1v) is 8.61. The minimum Gasteiger partial charge on any atom is -0.484 e. The van der Waals surface area contributed by atoms with Gasteiger partial charge < -0.3 is 9.64 Å². The zero-order valence-electron chi connectivity index (χ0n) is 14.1. The predicted molar refractivity (Wildman–Crippen MR) is 94.9 cm³/mol. The number of rotatable bonds is 3. The van der Waals surface area contributed by atoms with Crippen LogP contribution in [0.4, 0.5) is 5.69 Å². The van der Waals surface area contributed by atoms with Gasteiger partial charge in [-0.25, -0.2) is 4.90 Å². The van der Waals surface area contributed by atoms with Crippen molar-refractivity contribution >= 4 is 23.4 Å². The van der Waals surface area contributed by atoms with Crippen molar-refractivity contribution in [3.8, 4) is 5.75 Å². The molecule has 0 spiro atoms. The molecule has 2 aromatic carbocycles. The number of hydrogen-bond acceptors (Lipinski definition) is 4. The molecular weight excluding hydrogens is 332 g/mol. The summed E-state index contributed by atoms with van der Waals surface area (Å²) in [5.74, 6) is -0.485. The molecule has 26 heavy (non-hydrogen) atoms. The molecule has 6 heteroatoms. The van der Waals surface area contributed by atoms with Gasteiger partial charge in [-0.1, -0.05) is 30.3 Å². The van der Waals surface area contributed by atoms with Crippen LogP contribution < -0.4 is 9.64 Å². The molecule has 3 amide bonds. The van der Waals surface area contributed by atoms with E-state index in [9.17, 15) is 14.4 Å². The molecule has 0 aliphatic carbocycles. The van der Waals surface area contributed by atoms with Gasteiger partial charge in [-0.15, -0.1) is 0 Å². The second kappa shape index (κ2) is 6.63. The fourth-order valence-corrected chi connectivity index (χ4v) is 3.52. The van der Waals surface area contributed by atoms with E-state index in [0.717, 1.165) is 11.3 Å². The molecule has 6 nitrogen and oxygen atoms in total. The van der Waals surface area contributed by atoms with Crippen LogP contribution in [0.5, 0.6) is 5.75 Å². The molecule has 0 unspecified atom stereocenters. The number of carbonyl (C=O) groups is 3. The van der Waals surface area contributed by atoms with E-state index in [1.165, 1.54) is 0 Å². The standard InChI is InChI=1S/C20H18N2O4/c23-18(13-26-14-7-2-1-3-8-14)22-16-10-5-4-9-15(16)19(24)21-12-6-11-17(21)20(22)25/h1-5,7-10,17H,6,11-13H2/t17-/m0/s1. The van der Waals surface area contributed by atoms with E-state index in [1.54, 1.807) is 53.4 Å². The van der Waals surface area contributed by atoms with Gasteiger partial charge in [0.2, 0.25) is 0 Å². The van der Waals surface area contributed by atoms with Crippen LogP contribution >= 0.6 is 0 Å². The molecule has 2 aliphatic rings. The first-order chi connectivity index (χ1) is 12.7. The van der Waals surface area contributed by atoms with Crippen LogP contribution in [0.25, 0.3) is 0 Å². The SMILES string of the molecule is O=C(COc1ccccc1)N1C(=O)[C@@H]2CCCN2C(=O)c2ccccc21. The third kappa shape index (κ3) is 2.73. The number of para-hydroxylation sites is 2. The highest BCUT2D eigenvalue weighted by molar-refractivity contribution is 6.22. The van der Waals surface area contributed by atoms with Gasteiger partial charge >= 0.3 is 0 Å². The second-order valence-corrected chi connectivity index (χ2v) is 6.34. The molecule has 2 heterocycles. The number of carbonyl (C=O) groups excluding carboxylic acids is 3. The summed E-state index contributed by atoms with van der Waals surface area (Å²) >= 11 is 0. The topological polar surface area (TPSA) is 66.9 Å². The summed E-state index contributed by atoms with van der Waals surface area (Å²) in [7, 11) is 0. The van der Waals surface area contributed by atoms with E-state index in [1.807, 2.05) is 6.07 Å². The molecule has 0 saturated carbocycles. The molecule has 1 fully saturated rings. The molecule has 2 aromatic rings. The second-order valence-electron chi connectivity index (χ2n) is 6.34. The fourth-order valence-electron chi connectivity index (χ4n) is 3.52. The maximum atomic E-state index is 13.0. The number of amides is 3. The summed E-state index contributed by atoms with van der Waals surface area (Å²) < 4.78 is 5.52. The summed E-state index contributed by atoms with van der Waals surface area (Å²) in [5, 5.41) is 0. The lowest BCUT2D eigenvalue weighted by molar-refractivity contribution is -0.129. The van der Waals surface area contributed by atoms with Crippen molar-refractivity contribution in [2.75, 3.05) is 18.1 Å². The molecule has 132 valence electrons. The van der Waals surface area contributed by atoms with Crippen molar-refractivity contribution in [1.82, 2.24) is 4.90 Å². The van der Waals surface area contributed by atoms with E-state index >= 15 is 0 Å². The van der Waals surface area contributed by atoms with Gasteiger partial charge in [0.25, 0.3) is 17.7 Å². The number of hydrogen-bond donors (Lipinski definition) is 0. The quantitative estimate of drug-likeness (QED) is 0.851. The average molecular weight is 350 g/mol. The normalized spacial score (nSPS) is 19.0. The highest BCUT2D eigenvalue weighted by atomic mass is 16.5. The largest absolute Gasteiger partial charge is 0.484 e. The molecule has 1 saturated heterocycles. The van der Waals surface area contributed by atoms with Gasteiger partial charge in [0.15, 0.2) is 6.61 Å². The van der Waals surface area contributed by atoms with Gasteiger partial charge in [-0.3, -0.25) is 14.4 Å². The zero-order valence-corrected chi connectivity index (χ0v) is 14.1. The number of ether oxygens (including phenoxy) is 1. The van der Waals surface area contributed by atoms with Crippen molar-refractivity contribution in [3.63, 3.8) is 0 Å². The number of nitrogens with zero attached hydrogens (tertiary/aromatic N) is 2. The predicted octanol–water partition coefficient (Wildman–Crippen LogP) is 2.24. The lowest BCUT2D eigenvalue weighted by atomic mass is 10.1. The number of imide groups is 1. The highest BCUT2D eigenvalue weighted by Gasteiger charge is 2.43. The van der Waals surface area contributed by atoms with Crippen LogP contribution in [0.2, 0.25) is 0 Å².